The van der Waals surface area contributed by atoms with Crippen molar-refractivity contribution in [3.8, 4) is 0 Å². The van der Waals surface area contributed by atoms with Crippen molar-refractivity contribution < 1.29 is 22.2 Å². The summed E-state index contributed by atoms with van der Waals surface area (Å²) in [4.78, 5) is 19.0. The maximum atomic E-state index is 13.7. The van der Waals surface area contributed by atoms with Gasteiger partial charge in [-0.15, -0.1) is 0 Å². The molecule has 0 aliphatic carbocycles. The first-order valence-corrected chi connectivity index (χ1v) is 12.2. The molecule has 0 saturated heterocycles. The molecule has 0 bridgehead atoms. The molecule has 0 fully saturated rings. The minimum atomic E-state index is -4.67. The Bertz CT molecular complexity index is 1250. The molecule has 2 N–H and O–H groups in total. The lowest BCUT2D eigenvalue weighted by atomic mass is 10.1. The van der Waals surface area contributed by atoms with Crippen molar-refractivity contribution in [1.29, 1.82) is 0 Å². The summed E-state index contributed by atoms with van der Waals surface area (Å²) >= 11 is 0. The SMILES string of the molecule is CCc1cc(C=O)ccc1Nc1ncc(C(F)(F)F)c(NCc2ccc(C)cc2N(C)S(C)=O)n1. The molecular formula is C24H26F3N5O2S. The van der Waals surface area contributed by atoms with Gasteiger partial charge >= 0.3 is 6.18 Å². The number of carbonyl (C=O) groups is 1. The fourth-order valence-electron chi connectivity index (χ4n) is 3.44. The maximum Gasteiger partial charge on any atom is 0.421 e. The van der Waals surface area contributed by atoms with Crippen LogP contribution in [0.15, 0.2) is 42.6 Å². The molecule has 1 atom stereocenters. The van der Waals surface area contributed by atoms with Crippen molar-refractivity contribution in [2.75, 3.05) is 28.2 Å². The topological polar surface area (TPSA) is 87.2 Å². The van der Waals surface area contributed by atoms with Crippen molar-refractivity contribution >= 4 is 40.4 Å². The predicted octanol–water partition coefficient (Wildman–Crippen LogP) is 5.26. The summed E-state index contributed by atoms with van der Waals surface area (Å²) in [5, 5.41) is 5.73. The number of aryl methyl sites for hydroxylation is 2. The molecule has 3 rings (SSSR count). The predicted molar refractivity (Wildman–Crippen MR) is 132 cm³/mol. The zero-order valence-corrected chi connectivity index (χ0v) is 20.5. The number of carbonyl (C=O) groups excluding carboxylic acids is 1. The summed E-state index contributed by atoms with van der Waals surface area (Å²) in [6.07, 6.45) is -1.09. The van der Waals surface area contributed by atoms with E-state index < -0.39 is 22.7 Å². The normalized spacial score (nSPS) is 12.2. The number of anilines is 4. The van der Waals surface area contributed by atoms with Crippen LogP contribution in [0.2, 0.25) is 0 Å². The van der Waals surface area contributed by atoms with Gasteiger partial charge in [-0.25, -0.2) is 9.19 Å². The molecule has 0 radical (unpaired) electrons. The van der Waals surface area contributed by atoms with E-state index in [9.17, 15) is 22.2 Å². The van der Waals surface area contributed by atoms with Crippen LogP contribution in [0.3, 0.4) is 0 Å². The highest BCUT2D eigenvalue weighted by Gasteiger charge is 2.35. The van der Waals surface area contributed by atoms with Gasteiger partial charge in [0.15, 0.2) is 0 Å². The number of aromatic nitrogens is 2. The van der Waals surface area contributed by atoms with Gasteiger partial charge in [0, 0.05) is 37.3 Å². The standard InChI is InChI=1S/C24H26F3N5O2S/c1-5-17-11-16(14-33)7-9-20(17)30-23-29-13-19(24(25,26)27)22(31-23)28-12-18-8-6-15(2)10-21(18)32(3)35(4)34/h6-11,13-14H,5,12H2,1-4H3,(H2,28,29,30,31). The van der Waals surface area contributed by atoms with Gasteiger partial charge in [-0.2, -0.15) is 18.2 Å². The fourth-order valence-corrected chi connectivity index (χ4v) is 3.89. The number of nitrogens with zero attached hydrogens (tertiary/aromatic N) is 3. The molecule has 186 valence electrons. The van der Waals surface area contributed by atoms with Crippen molar-refractivity contribution in [3.63, 3.8) is 0 Å². The highest BCUT2D eigenvalue weighted by molar-refractivity contribution is 7.85. The smallest absolute Gasteiger partial charge is 0.365 e. The van der Waals surface area contributed by atoms with Crippen LogP contribution in [-0.4, -0.2) is 33.8 Å². The number of aldehydes is 1. The van der Waals surface area contributed by atoms with Crippen LogP contribution in [0.4, 0.5) is 36.3 Å². The van der Waals surface area contributed by atoms with E-state index >= 15 is 0 Å². The van der Waals surface area contributed by atoms with Crippen molar-refractivity contribution in [2.24, 2.45) is 0 Å². The van der Waals surface area contributed by atoms with Gasteiger partial charge in [0.25, 0.3) is 0 Å². The Morgan fingerprint density at radius 1 is 1.14 bits per heavy atom. The Hall–Kier alpha value is -3.47. The zero-order valence-electron chi connectivity index (χ0n) is 19.7. The van der Waals surface area contributed by atoms with Crippen LogP contribution in [0.5, 0.6) is 0 Å². The highest BCUT2D eigenvalue weighted by atomic mass is 32.2. The minimum Gasteiger partial charge on any atom is -0.365 e. The molecule has 0 spiro atoms. The van der Waals surface area contributed by atoms with Crippen molar-refractivity contribution in [3.05, 3.63) is 70.4 Å². The number of benzene rings is 2. The second-order valence-corrected chi connectivity index (χ2v) is 9.27. The molecule has 7 nitrogen and oxygen atoms in total. The van der Waals surface area contributed by atoms with Gasteiger partial charge < -0.3 is 10.6 Å². The number of halogens is 3. The van der Waals surface area contributed by atoms with E-state index in [1.807, 2.05) is 26.0 Å². The Kier molecular flexibility index (Phi) is 8.11. The molecule has 1 aromatic heterocycles. The molecule has 1 unspecified atom stereocenters. The molecule has 11 heteroatoms. The number of hydrogen-bond acceptors (Lipinski definition) is 6. The second-order valence-electron chi connectivity index (χ2n) is 7.87. The Labute approximate surface area is 204 Å². The third kappa shape index (κ3) is 6.36. The lowest BCUT2D eigenvalue weighted by molar-refractivity contribution is -0.137. The molecule has 0 saturated carbocycles. The van der Waals surface area contributed by atoms with Gasteiger partial charge in [-0.1, -0.05) is 19.1 Å². The van der Waals surface area contributed by atoms with Crippen LogP contribution in [-0.2, 0) is 30.1 Å². The lowest BCUT2D eigenvalue weighted by Gasteiger charge is -2.21. The van der Waals surface area contributed by atoms with Crippen LogP contribution in [0, 0.1) is 6.92 Å². The average Bonchev–Trinajstić information content (AvgIpc) is 2.82. The average molecular weight is 506 g/mol. The van der Waals surface area contributed by atoms with E-state index in [0.717, 1.165) is 23.6 Å². The first-order valence-electron chi connectivity index (χ1n) is 10.7. The number of alkyl halides is 3. The molecule has 2 aromatic carbocycles. The van der Waals surface area contributed by atoms with Gasteiger partial charge in [0.05, 0.1) is 5.69 Å². The van der Waals surface area contributed by atoms with E-state index in [1.54, 1.807) is 35.6 Å². The molecular weight excluding hydrogens is 479 g/mol. The molecule has 1 heterocycles. The van der Waals surface area contributed by atoms with Crippen LogP contribution >= 0.6 is 0 Å². The van der Waals surface area contributed by atoms with Crippen LogP contribution < -0.4 is 14.9 Å². The summed E-state index contributed by atoms with van der Waals surface area (Å²) in [6, 6.07) is 10.4. The third-order valence-corrected chi connectivity index (χ3v) is 6.37. The van der Waals surface area contributed by atoms with E-state index in [2.05, 4.69) is 20.6 Å². The molecule has 0 aliphatic rings. The monoisotopic (exact) mass is 505 g/mol. The molecule has 0 amide bonds. The Balaban J connectivity index is 1.94. The van der Waals surface area contributed by atoms with Crippen LogP contribution in [0.25, 0.3) is 0 Å². The molecule has 0 aliphatic heterocycles. The van der Waals surface area contributed by atoms with Crippen LogP contribution in [0.1, 0.15) is 39.5 Å². The number of rotatable bonds is 9. The quantitative estimate of drug-likeness (QED) is 0.386. The number of hydrogen-bond donors (Lipinski definition) is 2. The van der Waals surface area contributed by atoms with Gasteiger partial charge in [0.1, 0.15) is 28.7 Å². The van der Waals surface area contributed by atoms with Gasteiger partial charge in [0.2, 0.25) is 5.95 Å². The summed E-state index contributed by atoms with van der Waals surface area (Å²) in [7, 11) is 0.346. The molecule has 35 heavy (non-hydrogen) atoms. The first kappa shape index (κ1) is 26.1. The van der Waals surface area contributed by atoms with E-state index in [1.165, 1.54) is 6.26 Å². The summed E-state index contributed by atoms with van der Waals surface area (Å²) in [5.41, 5.74) is 3.11. The second kappa shape index (κ2) is 10.9. The largest absolute Gasteiger partial charge is 0.421 e. The highest BCUT2D eigenvalue weighted by Crippen LogP contribution is 2.35. The summed E-state index contributed by atoms with van der Waals surface area (Å²) < 4.78 is 54.6. The molecule has 3 aromatic rings. The van der Waals surface area contributed by atoms with Crippen molar-refractivity contribution in [2.45, 2.75) is 33.0 Å². The Morgan fingerprint density at radius 2 is 1.89 bits per heavy atom. The minimum absolute atomic E-state index is 0.0188. The van der Waals surface area contributed by atoms with E-state index in [-0.39, 0.29) is 18.3 Å². The van der Waals surface area contributed by atoms with E-state index in [4.69, 9.17) is 0 Å². The number of nitrogens with one attached hydrogen (secondary N) is 2. The van der Waals surface area contributed by atoms with Crippen molar-refractivity contribution in [1.82, 2.24) is 9.97 Å². The fraction of sp³-hybridized carbons (Fsp3) is 0.292. The van der Waals surface area contributed by atoms with Gasteiger partial charge in [-0.05, 0) is 54.3 Å². The third-order valence-electron chi connectivity index (χ3n) is 5.40. The maximum absolute atomic E-state index is 13.7. The first-order chi connectivity index (χ1) is 16.5. The summed E-state index contributed by atoms with van der Waals surface area (Å²) in [6.45, 7) is 3.80. The zero-order chi connectivity index (χ0) is 25.8. The summed E-state index contributed by atoms with van der Waals surface area (Å²) in [5.74, 6) is -0.408. The lowest BCUT2D eigenvalue weighted by Crippen LogP contribution is -2.21. The Morgan fingerprint density at radius 3 is 2.51 bits per heavy atom. The van der Waals surface area contributed by atoms with E-state index in [0.29, 0.717) is 28.9 Å². The van der Waals surface area contributed by atoms with Gasteiger partial charge in [-0.3, -0.25) is 9.10 Å².